The lowest BCUT2D eigenvalue weighted by Gasteiger charge is -2.26. The van der Waals surface area contributed by atoms with Crippen LogP contribution >= 0.6 is 34.8 Å². The smallest absolute Gasteiger partial charge is 0.328 e. The van der Waals surface area contributed by atoms with E-state index in [1.54, 1.807) is 36.5 Å². The van der Waals surface area contributed by atoms with E-state index in [0.717, 1.165) is 46.7 Å². The van der Waals surface area contributed by atoms with Gasteiger partial charge in [-0.1, -0.05) is 34.8 Å². The fraction of sp³-hybridized carbons (Fsp3) is 0.276. The third-order valence-electron chi connectivity index (χ3n) is 7.50. The molecule has 216 valence electrons. The number of nitrogens with two attached hydrogens (primary N) is 1. The van der Waals surface area contributed by atoms with Gasteiger partial charge in [-0.25, -0.2) is 14.2 Å². The minimum atomic E-state index is -0.774. The van der Waals surface area contributed by atoms with Crippen LogP contribution in [0.4, 0.5) is 11.6 Å². The van der Waals surface area contributed by atoms with Crippen LogP contribution in [0.3, 0.4) is 0 Å². The molecule has 3 heterocycles. The third-order valence-corrected chi connectivity index (χ3v) is 8.42. The Morgan fingerprint density at radius 1 is 1.00 bits per heavy atom. The highest BCUT2D eigenvalue weighted by Crippen LogP contribution is 2.33. The van der Waals surface area contributed by atoms with Gasteiger partial charge in [0.15, 0.2) is 0 Å². The molecule has 0 radical (unpaired) electrons. The predicted molar refractivity (Wildman–Crippen MR) is 166 cm³/mol. The minimum Gasteiger partial charge on any atom is -0.328 e. The van der Waals surface area contributed by atoms with Crippen LogP contribution in [0.2, 0.25) is 15.1 Å². The van der Waals surface area contributed by atoms with Crippen LogP contribution in [0.15, 0.2) is 64.6 Å². The summed E-state index contributed by atoms with van der Waals surface area (Å²) in [4.78, 5) is 35.5. The van der Waals surface area contributed by atoms with Gasteiger partial charge in [0.1, 0.15) is 0 Å². The molecule has 1 aliphatic rings. The zero-order valence-electron chi connectivity index (χ0n) is 22.6. The molecular weight excluding hydrogens is 599 g/mol. The summed E-state index contributed by atoms with van der Waals surface area (Å²) in [5, 5.41) is 9.92. The highest BCUT2D eigenvalue weighted by atomic mass is 35.5. The van der Waals surface area contributed by atoms with E-state index in [1.807, 2.05) is 23.9 Å². The van der Waals surface area contributed by atoms with Crippen LogP contribution in [0.25, 0.3) is 16.6 Å². The Morgan fingerprint density at radius 3 is 2.55 bits per heavy atom. The summed E-state index contributed by atoms with van der Waals surface area (Å²) in [5.41, 5.74) is 7.51. The summed E-state index contributed by atoms with van der Waals surface area (Å²) in [6.07, 6.45) is 8.88. The Labute approximate surface area is 255 Å². The molecule has 42 heavy (non-hydrogen) atoms. The number of hydrogen-bond acceptors (Lipinski definition) is 7. The lowest BCUT2D eigenvalue weighted by Crippen LogP contribution is -2.41. The molecule has 0 bridgehead atoms. The molecule has 0 unspecified atom stereocenters. The van der Waals surface area contributed by atoms with E-state index >= 15 is 0 Å². The second-order valence-electron chi connectivity index (χ2n) is 10.6. The van der Waals surface area contributed by atoms with Crippen molar-refractivity contribution in [1.82, 2.24) is 28.9 Å². The van der Waals surface area contributed by atoms with E-state index in [1.165, 1.54) is 10.8 Å². The van der Waals surface area contributed by atoms with Crippen molar-refractivity contribution in [2.45, 2.75) is 51.2 Å². The van der Waals surface area contributed by atoms with Gasteiger partial charge in [-0.2, -0.15) is 10.1 Å². The Morgan fingerprint density at radius 2 is 1.79 bits per heavy atom. The number of fused-ring (bicyclic) bond motifs is 1. The Hall–Kier alpha value is -3.70. The van der Waals surface area contributed by atoms with Crippen molar-refractivity contribution in [3.63, 3.8) is 0 Å². The van der Waals surface area contributed by atoms with Crippen LogP contribution in [-0.2, 0) is 6.54 Å². The van der Waals surface area contributed by atoms with Gasteiger partial charge < -0.3 is 11.1 Å². The number of benzene rings is 2. The molecule has 1 aliphatic carbocycles. The van der Waals surface area contributed by atoms with E-state index < -0.39 is 11.4 Å². The third kappa shape index (κ3) is 5.67. The first-order valence-corrected chi connectivity index (χ1v) is 14.6. The summed E-state index contributed by atoms with van der Waals surface area (Å²) in [5.74, 6) is -0.00665. The van der Waals surface area contributed by atoms with Gasteiger partial charge in [-0.3, -0.25) is 14.2 Å². The average Bonchev–Trinajstić information content (AvgIpc) is 3.36. The van der Waals surface area contributed by atoms with Gasteiger partial charge >= 0.3 is 11.4 Å². The molecule has 0 spiro atoms. The lowest BCUT2D eigenvalue weighted by atomic mass is 9.92. The molecule has 1 saturated carbocycles. The van der Waals surface area contributed by atoms with Crippen molar-refractivity contribution in [3.8, 4) is 5.69 Å². The largest absolute Gasteiger partial charge is 0.359 e. The Balaban J connectivity index is 1.44. The molecule has 1 fully saturated rings. The molecule has 0 atom stereocenters. The second kappa shape index (κ2) is 11.5. The Kier molecular flexibility index (Phi) is 7.80. The molecule has 6 rings (SSSR count). The van der Waals surface area contributed by atoms with Crippen molar-refractivity contribution >= 4 is 57.3 Å². The summed E-state index contributed by atoms with van der Waals surface area (Å²) in [6, 6.07) is 10.7. The van der Waals surface area contributed by atoms with Gasteiger partial charge in [0.05, 0.1) is 40.7 Å². The number of anilines is 2. The van der Waals surface area contributed by atoms with Crippen molar-refractivity contribution in [2.24, 2.45) is 5.73 Å². The lowest BCUT2D eigenvalue weighted by molar-refractivity contribution is 0.305. The SMILES string of the molecule is Cc1cncc(-n2c(=O)nc(Nc3cc4cn(C5CCC(N)CC5)nc4cc3Cl)n(Cc3cc(Cl)ccc3Cl)c2=O)c1. The number of rotatable bonds is 6. The van der Waals surface area contributed by atoms with Crippen molar-refractivity contribution < 1.29 is 0 Å². The van der Waals surface area contributed by atoms with Gasteiger partial charge in [-0.15, -0.1) is 0 Å². The highest BCUT2D eigenvalue weighted by molar-refractivity contribution is 6.34. The van der Waals surface area contributed by atoms with E-state index in [4.69, 9.17) is 45.6 Å². The normalized spacial score (nSPS) is 17.1. The molecule has 5 aromatic rings. The maximum atomic E-state index is 13.9. The van der Waals surface area contributed by atoms with Crippen LogP contribution in [0.1, 0.15) is 42.9 Å². The van der Waals surface area contributed by atoms with Crippen molar-refractivity contribution in [3.05, 3.63) is 102 Å². The standard InChI is InChI=1S/C29H27Cl3N8O2/c1-16-8-22(13-34-12-16)40-28(41)36-27(38(29(40)42)14-17-9-19(30)2-7-23(17)31)35-26-10-18-15-39(37-25(18)11-24(26)32)21-5-3-20(33)4-6-21/h2,7-13,15,20-21H,3-6,14,33H2,1H3,(H,35,36,41). The van der Waals surface area contributed by atoms with Crippen LogP contribution < -0.4 is 22.4 Å². The van der Waals surface area contributed by atoms with Crippen LogP contribution in [0.5, 0.6) is 0 Å². The zero-order chi connectivity index (χ0) is 29.5. The maximum Gasteiger partial charge on any atom is 0.359 e. The molecule has 0 saturated heterocycles. The van der Waals surface area contributed by atoms with Gasteiger partial charge in [-0.05, 0) is 80.1 Å². The molecule has 3 N–H and O–H groups in total. The van der Waals surface area contributed by atoms with Crippen molar-refractivity contribution in [1.29, 1.82) is 0 Å². The number of nitrogens with zero attached hydrogens (tertiary/aromatic N) is 6. The maximum absolute atomic E-state index is 13.9. The Bertz CT molecular complexity index is 1930. The average molecular weight is 626 g/mol. The van der Waals surface area contributed by atoms with Crippen molar-refractivity contribution in [2.75, 3.05) is 5.32 Å². The number of aromatic nitrogens is 6. The minimum absolute atomic E-state index is 0.00665. The molecule has 0 aliphatic heterocycles. The topological polar surface area (TPSA) is 126 Å². The number of hydrogen-bond donors (Lipinski definition) is 2. The fourth-order valence-electron chi connectivity index (χ4n) is 5.28. The first-order chi connectivity index (χ1) is 20.2. The molecule has 13 heteroatoms. The monoisotopic (exact) mass is 624 g/mol. The highest BCUT2D eigenvalue weighted by Gasteiger charge is 2.22. The van der Waals surface area contributed by atoms with Crippen LogP contribution in [0, 0.1) is 6.92 Å². The number of aryl methyl sites for hydroxylation is 1. The zero-order valence-corrected chi connectivity index (χ0v) is 24.9. The molecular formula is C29H27Cl3N8O2. The summed E-state index contributed by atoms with van der Waals surface area (Å²) >= 11 is 19.4. The quantitative estimate of drug-likeness (QED) is 0.250. The fourth-order valence-corrected chi connectivity index (χ4v) is 5.86. The van der Waals surface area contributed by atoms with E-state index in [9.17, 15) is 9.59 Å². The molecule has 3 aromatic heterocycles. The van der Waals surface area contributed by atoms with Gasteiger partial charge in [0, 0.05) is 33.9 Å². The summed E-state index contributed by atoms with van der Waals surface area (Å²) < 4.78 is 4.26. The van der Waals surface area contributed by atoms with Gasteiger partial charge in [0.25, 0.3) is 0 Å². The van der Waals surface area contributed by atoms with E-state index in [-0.39, 0.29) is 24.6 Å². The molecule has 2 aromatic carbocycles. The van der Waals surface area contributed by atoms with E-state index in [0.29, 0.717) is 32.0 Å². The summed E-state index contributed by atoms with van der Waals surface area (Å²) in [6.45, 7) is 1.80. The van der Waals surface area contributed by atoms with E-state index in [2.05, 4.69) is 15.3 Å². The van der Waals surface area contributed by atoms with Crippen LogP contribution in [-0.4, -0.2) is 34.9 Å². The molecule has 10 nitrogen and oxygen atoms in total. The number of halogens is 3. The number of nitrogens with one attached hydrogen (secondary N) is 1. The first-order valence-electron chi connectivity index (χ1n) is 13.5. The molecule has 0 amide bonds. The first kappa shape index (κ1) is 28.4. The number of pyridine rings is 1. The van der Waals surface area contributed by atoms with Gasteiger partial charge in [0.2, 0.25) is 5.95 Å². The summed E-state index contributed by atoms with van der Waals surface area (Å²) in [7, 11) is 0. The predicted octanol–water partition coefficient (Wildman–Crippen LogP) is 5.64. The second-order valence-corrected chi connectivity index (χ2v) is 11.8.